The average molecular weight is 271 g/mol. The number of ether oxygens (including phenoxy) is 1. The molecule has 0 aliphatic carbocycles. The number of hydrogen-bond donors (Lipinski definition) is 1. The van der Waals surface area contributed by atoms with Gasteiger partial charge in [0.1, 0.15) is 0 Å². The molecule has 0 radical (unpaired) electrons. The summed E-state index contributed by atoms with van der Waals surface area (Å²) in [6.07, 6.45) is -0.456. The Morgan fingerprint density at radius 1 is 1.53 bits per heavy atom. The molecule has 0 fully saturated rings. The molecule has 1 aliphatic heterocycles. The molecule has 0 bridgehead atoms. The van der Waals surface area contributed by atoms with Crippen molar-refractivity contribution in [3.8, 4) is 5.75 Å². The molecule has 15 heavy (non-hydrogen) atoms. The molecular weight excluding hydrogens is 260 g/mol. The zero-order chi connectivity index (χ0) is 11.2. The van der Waals surface area contributed by atoms with E-state index in [2.05, 4.69) is 15.9 Å². The van der Waals surface area contributed by atoms with Crippen LogP contribution in [0.5, 0.6) is 5.75 Å². The van der Waals surface area contributed by atoms with E-state index < -0.39 is 6.10 Å². The number of nitrogens with two attached hydrogens (primary N) is 1. The molecule has 1 unspecified atom stereocenters. The largest absolute Gasteiger partial charge is 0.477 e. The lowest BCUT2D eigenvalue weighted by Crippen LogP contribution is -2.42. The second kappa shape index (κ2) is 3.41. The van der Waals surface area contributed by atoms with Crippen molar-refractivity contribution in [1.82, 2.24) is 0 Å². The van der Waals surface area contributed by atoms with E-state index in [1.54, 1.807) is 31.0 Å². The van der Waals surface area contributed by atoms with Gasteiger partial charge in [0, 0.05) is 12.7 Å². The summed E-state index contributed by atoms with van der Waals surface area (Å²) in [5, 5.41) is 0. The van der Waals surface area contributed by atoms with Crippen LogP contribution in [-0.4, -0.2) is 19.1 Å². The smallest absolute Gasteiger partial charge is 0.267 e. The van der Waals surface area contributed by atoms with Crippen LogP contribution >= 0.6 is 15.9 Å². The van der Waals surface area contributed by atoms with Crippen LogP contribution in [0.15, 0.2) is 16.6 Å². The Kier molecular flexibility index (Phi) is 2.34. The minimum Gasteiger partial charge on any atom is -0.477 e. The number of carbonyl (C=O) groups excluding carboxylic acids is 1. The van der Waals surface area contributed by atoms with E-state index in [0.717, 1.165) is 4.47 Å². The number of carbonyl (C=O) groups is 1. The highest BCUT2D eigenvalue weighted by molar-refractivity contribution is 9.10. The van der Waals surface area contributed by atoms with Crippen molar-refractivity contribution in [3.05, 3.63) is 16.6 Å². The van der Waals surface area contributed by atoms with E-state index in [1.807, 2.05) is 0 Å². The third-order valence-corrected chi connectivity index (χ3v) is 2.97. The monoisotopic (exact) mass is 270 g/mol. The van der Waals surface area contributed by atoms with Gasteiger partial charge >= 0.3 is 0 Å². The first-order valence-electron chi connectivity index (χ1n) is 4.54. The highest BCUT2D eigenvalue weighted by atomic mass is 79.9. The lowest BCUT2D eigenvalue weighted by Gasteiger charge is -2.31. The van der Waals surface area contributed by atoms with Crippen molar-refractivity contribution in [3.63, 3.8) is 0 Å². The molecule has 1 atom stereocenters. The number of anilines is 2. The van der Waals surface area contributed by atoms with Crippen molar-refractivity contribution < 1.29 is 9.53 Å². The molecule has 5 heteroatoms. The van der Waals surface area contributed by atoms with Crippen molar-refractivity contribution in [2.24, 2.45) is 0 Å². The van der Waals surface area contributed by atoms with Gasteiger partial charge in [-0.3, -0.25) is 4.79 Å². The molecule has 0 saturated heterocycles. The molecule has 1 heterocycles. The first-order valence-corrected chi connectivity index (χ1v) is 5.33. The summed E-state index contributed by atoms with van der Waals surface area (Å²) < 4.78 is 6.27. The molecule has 80 valence electrons. The van der Waals surface area contributed by atoms with E-state index in [9.17, 15) is 4.79 Å². The van der Waals surface area contributed by atoms with Crippen LogP contribution in [0.2, 0.25) is 0 Å². The Bertz CT molecular complexity index is 434. The van der Waals surface area contributed by atoms with E-state index in [4.69, 9.17) is 10.5 Å². The summed E-state index contributed by atoms with van der Waals surface area (Å²) >= 11 is 3.36. The van der Waals surface area contributed by atoms with Crippen molar-refractivity contribution in [2.75, 3.05) is 17.7 Å². The summed E-state index contributed by atoms with van der Waals surface area (Å²) in [6.45, 7) is 1.73. The van der Waals surface area contributed by atoms with Crippen molar-refractivity contribution in [1.29, 1.82) is 0 Å². The van der Waals surface area contributed by atoms with Crippen LogP contribution in [0.3, 0.4) is 0 Å². The fraction of sp³-hybridized carbons (Fsp3) is 0.300. The number of benzene rings is 1. The first kappa shape index (κ1) is 10.3. The maximum absolute atomic E-state index is 11.7. The minimum absolute atomic E-state index is 0.0694. The molecule has 1 aliphatic rings. The maximum Gasteiger partial charge on any atom is 0.267 e. The third-order valence-electron chi connectivity index (χ3n) is 2.38. The highest BCUT2D eigenvalue weighted by Crippen LogP contribution is 2.41. The minimum atomic E-state index is -0.456. The normalized spacial score (nSPS) is 19.8. The van der Waals surface area contributed by atoms with Gasteiger partial charge in [0.15, 0.2) is 11.9 Å². The lowest BCUT2D eigenvalue weighted by atomic mass is 10.2. The zero-order valence-electron chi connectivity index (χ0n) is 8.45. The maximum atomic E-state index is 11.7. The summed E-state index contributed by atoms with van der Waals surface area (Å²) in [7, 11) is 1.71. The van der Waals surface area contributed by atoms with E-state index in [-0.39, 0.29) is 5.91 Å². The van der Waals surface area contributed by atoms with E-state index >= 15 is 0 Å². The fourth-order valence-electron chi connectivity index (χ4n) is 1.58. The number of rotatable bonds is 0. The fourth-order valence-corrected chi connectivity index (χ4v) is 2.14. The molecule has 0 aromatic heterocycles. The summed E-state index contributed by atoms with van der Waals surface area (Å²) in [4.78, 5) is 13.2. The van der Waals surface area contributed by atoms with Crippen molar-refractivity contribution >= 4 is 33.2 Å². The second-order valence-corrected chi connectivity index (χ2v) is 4.36. The number of likely N-dealkylation sites (N-methyl/N-ethyl adjacent to an activating group) is 1. The van der Waals surface area contributed by atoms with Crippen molar-refractivity contribution in [2.45, 2.75) is 13.0 Å². The van der Waals surface area contributed by atoms with Gasteiger partial charge < -0.3 is 15.4 Å². The van der Waals surface area contributed by atoms with Gasteiger partial charge in [-0.25, -0.2) is 0 Å². The van der Waals surface area contributed by atoms with Crippen LogP contribution in [-0.2, 0) is 4.79 Å². The predicted octanol–water partition coefficient (Wildman–Crippen LogP) is 1.77. The summed E-state index contributed by atoms with van der Waals surface area (Å²) in [5.41, 5.74) is 7.00. The van der Waals surface area contributed by atoms with Gasteiger partial charge in [-0.05, 0) is 35.0 Å². The molecule has 1 aromatic carbocycles. The predicted molar refractivity (Wildman–Crippen MR) is 62.1 cm³/mol. The van der Waals surface area contributed by atoms with Crippen LogP contribution in [0.25, 0.3) is 0 Å². The highest BCUT2D eigenvalue weighted by Gasteiger charge is 2.30. The zero-order valence-corrected chi connectivity index (χ0v) is 10.0. The standard InChI is InChI=1S/C10H11BrN2O2/c1-5-10(14)13(2)8-4-6(12)3-7(11)9(8)15-5/h3-5H,12H2,1-2H3. The molecule has 1 amide bonds. The molecule has 0 spiro atoms. The van der Waals surface area contributed by atoms with Gasteiger partial charge in [-0.15, -0.1) is 0 Å². The number of nitrogen functional groups attached to an aromatic ring is 1. The topological polar surface area (TPSA) is 55.6 Å². The Hall–Kier alpha value is -1.23. The molecule has 2 N–H and O–H groups in total. The van der Waals surface area contributed by atoms with Crippen LogP contribution in [0, 0.1) is 0 Å². The summed E-state index contributed by atoms with van der Waals surface area (Å²) in [5.74, 6) is 0.596. The Balaban J connectivity index is 2.60. The molecule has 0 saturated carbocycles. The summed E-state index contributed by atoms with van der Waals surface area (Å²) in [6, 6.07) is 3.49. The Morgan fingerprint density at radius 2 is 2.20 bits per heavy atom. The molecule has 1 aromatic rings. The van der Waals surface area contributed by atoms with Gasteiger partial charge in [0.25, 0.3) is 5.91 Å². The Labute approximate surface area is 96.1 Å². The van der Waals surface area contributed by atoms with Gasteiger partial charge in [0.05, 0.1) is 10.2 Å². The number of nitrogens with zero attached hydrogens (tertiary/aromatic N) is 1. The SMILES string of the molecule is CC1Oc2c(Br)cc(N)cc2N(C)C1=O. The van der Waals surface area contributed by atoms with Crippen LogP contribution < -0.4 is 15.4 Å². The Morgan fingerprint density at radius 3 is 2.87 bits per heavy atom. The number of halogens is 1. The number of amides is 1. The van der Waals surface area contributed by atoms with Gasteiger partial charge in [0.2, 0.25) is 0 Å². The first-order chi connectivity index (χ1) is 7.00. The molecule has 4 nitrogen and oxygen atoms in total. The molecule has 2 rings (SSSR count). The van der Waals surface area contributed by atoms with E-state index in [0.29, 0.717) is 17.1 Å². The van der Waals surface area contributed by atoms with Gasteiger partial charge in [-0.1, -0.05) is 0 Å². The average Bonchev–Trinajstić information content (AvgIpc) is 2.17. The van der Waals surface area contributed by atoms with Crippen LogP contribution in [0.4, 0.5) is 11.4 Å². The lowest BCUT2D eigenvalue weighted by molar-refractivity contribution is -0.125. The second-order valence-electron chi connectivity index (χ2n) is 3.51. The number of hydrogen-bond acceptors (Lipinski definition) is 3. The van der Waals surface area contributed by atoms with E-state index in [1.165, 1.54) is 0 Å². The third kappa shape index (κ3) is 1.56. The van der Waals surface area contributed by atoms with Gasteiger partial charge in [-0.2, -0.15) is 0 Å². The number of fused-ring (bicyclic) bond motifs is 1. The molecular formula is C10H11BrN2O2. The van der Waals surface area contributed by atoms with Crippen LogP contribution in [0.1, 0.15) is 6.92 Å². The quantitative estimate of drug-likeness (QED) is 0.732.